The van der Waals surface area contributed by atoms with Crippen molar-refractivity contribution in [2.24, 2.45) is 5.92 Å². The van der Waals surface area contributed by atoms with Crippen molar-refractivity contribution < 1.29 is 33.5 Å². The molecule has 0 aliphatic carbocycles. The van der Waals surface area contributed by atoms with Gasteiger partial charge in [0.25, 0.3) is 0 Å². The molecule has 3 aromatic rings. The van der Waals surface area contributed by atoms with E-state index in [1.807, 2.05) is 20.8 Å². The molecular formula is C29H35INO2P. The first-order valence-corrected chi connectivity index (χ1v) is 13.8. The fourth-order valence-corrected chi connectivity index (χ4v) is 10.2. The highest BCUT2D eigenvalue weighted by atomic mass is 127. The number of carbonyl (C=O) groups is 1. The van der Waals surface area contributed by atoms with Crippen LogP contribution in [0.4, 0.5) is 0 Å². The zero-order valence-corrected chi connectivity index (χ0v) is 23.3. The molecule has 34 heavy (non-hydrogen) atoms. The van der Waals surface area contributed by atoms with E-state index in [0.717, 1.165) is 25.9 Å². The van der Waals surface area contributed by atoms with Gasteiger partial charge in [0.05, 0.1) is 0 Å². The van der Waals surface area contributed by atoms with E-state index < -0.39 is 12.9 Å². The van der Waals surface area contributed by atoms with Gasteiger partial charge >= 0.3 is 5.97 Å². The van der Waals surface area contributed by atoms with Crippen molar-refractivity contribution in [2.75, 3.05) is 13.1 Å². The highest BCUT2D eigenvalue weighted by molar-refractivity contribution is 7.96. The topological polar surface area (TPSA) is 38.3 Å². The molecular weight excluding hydrogens is 552 g/mol. The molecule has 1 heterocycles. The lowest BCUT2D eigenvalue weighted by atomic mass is 9.94. The van der Waals surface area contributed by atoms with Crippen LogP contribution >= 0.6 is 7.26 Å². The van der Waals surface area contributed by atoms with Crippen LogP contribution in [0.1, 0.15) is 33.6 Å². The normalized spacial score (nSPS) is 15.7. The standard InChI is InChI=1S/C29H35NO2P.HI/c1-29(2,3)32-28(31)27(23-19-21-30-22-20-23)33(24-13-7-4-8-14-24,25-15-9-5-10-16-25)26-17-11-6-12-18-26;/h4-18,23,27,30H,19-22H2,1-3H3;1H/q+1;/p-1. The van der Waals surface area contributed by atoms with E-state index in [0.29, 0.717) is 0 Å². The van der Waals surface area contributed by atoms with E-state index in [9.17, 15) is 4.79 Å². The molecule has 3 nitrogen and oxygen atoms in total. The number of nitrogens with one attached hydrogen (secondary N) is 1. The molecule has 1 saturated heterocycles. The summed E-state index contributed by atoms with van der Waals surface area (Å²) in [6.45, 7) is 7.78. The Kier molecular flexibility index (Phi) is 9.31. The van der Waals surface area contributed by atoms with Crippen molar-refractivity contribution in [1.82, 2.24) is 5.32 Å². The van der Waals surface area contributed by atoms with Gasteiger partial charge in [-0.25, -0.2) is 4.79 Å². The van der Waals surface area contributed by atoms with E-state index in [2.05, 4.69) is 96.3 Å². The molecule has 0 bridgehead atoms. The lowest BCUT2D eigenvalue weighted by Crippen LogP contribution is -3.00. The van der Waals surface area contributed by atoms with Gasteiger partial charge in [0.2, 0.25) is 0 Å². The molecule has 5 heteroatoms. The number of halogens is 1. The first kappa shape index (κ1) is 26.8. The van der Waals surface area contributed by atoms with Crippen molar-refractivity contribution in [3.63, 3.8) is 0 Å². The number of carbonyl (C=O) groups excluding carboxylic acids is 1. The molecule has 1 fully saturated rings. The van der Waals surface area contributed by atoms with Crippen LogP contribution in [-0.4, -0.2) is 30.3 Å². The number of ether oxygens (including phenoxy) is 1. The summed E-state index contributed by atoms with van der Waals surface area (Å²) in [6, 6.07) is 32.1. The SMILES string of the molecule is CC(C)(C)OC(=O)C(C1CCNCC1)[P+](c1ccccc1)(c1ccccc1)c1ccccc1.[I-]. The molecule has 0 spiro atoms. The van der Waals surface area contributed by atoms with Crippen LogP contribution in [0.25, 0.3) is 0 Å². The van der Waals surface area contributed by atoms with E-state index in [4.69, 9.17) is 4.74 Å². The molecule has 3 aromatic carbocycles. The van der Waals surface area contributed by atoms with Crippen LogP contribution in [0.3, 0.4) is 0 Å². The van der Waals surface area contributed by atoms with Gasteiger partial charge in [0, 0.05) is 5.92 Å². The Hall–Kier alpha value is -1.75. The number of hydrogen-bond donors (Lipinski definition) is 1. The largest absolute Gasteiger partial charge is 1.00 e. The zero-order valence-electron chi connectivity index (χ0n) is 20.3. The Morgan fingerprint density at radius 2 is 1.18 bits per heavy atom. The second kappa shape index (κ2) is 11.8. The number of esters is 1. The number of piperidine rings is 1. The van der Waals surface area contributed by atoms with Gasteiger partial charge in [0.15, 0.2) is 5.66 Å². The molecule has 4 rings (SSSR count). The van der Waals surface area contributed by atoms with Crippen molar-refractivity contribution in [1.29, 1.82) is 0 Å². The molecule has 0 saturated carbocycles. The van der Waals surface area contributed by atoms with Gasteiger partial charge in [-0.15, -0.1) is 0 Å². The Morgan fingerprint density at radius 3 is 1.53 bits per heavy atom. The Balaban J connectivity index is 0.00000324. The third kappa shape index (κ3) is 5.72. The molecule has 0 radical (unpaired) electrons. The van der Waals surface area contributed by atoms with Crippen LogP contribution in [0, 0.1) is 5.92 Å². The van der Waals surface area contributed by atoms with E-state index in [1.165, 1.54) is 15.9 Å². The summed E-state index contributed by atoms with van der Waals surface area (Å²) < 4.78 is 6.19. The van der Waals surface area contributed by atoms with E-state index in [-0.39, 0.29) is 41.5 Å². The number of hydrogen-bond acceptors (Lipinski definition) is 3. The quantitative estimate of drug-likeness (QED) is 0.271. The van der Waals surface area contributed by atoms with Gasteiger partial charge in [-0.2, -0.15) is 0 Å². The fraction of sp³-hybridized carbons (Fsp3) is 0.345. The molecule has 0 amide bonds. The molecule has 180 valence electrons. The second-order valence-corrected chi connectivity index (χ2v) is 13.3. The Bertz CT molecular complexity index is 935. The van der Waals surface area contributed by atoms with Crippen molar-refractivity contribution >= 4 is 29.1 Å². The summed E-state index contributed by atoms with van der Waals surface area (Å²) in [5.41, 5.74) is -0.784. The number of rotatable bonds is 6. The average Bonchev–Trinajstić information content (AvgIpc) is 2.83. The highest BCUT2D eigenvalue weighted by Gasteiger charge is 2.59. The predicted molar refractivity (Wildman–Crippen MR) is 140 cm³/mol. The van der Waals surface area contributed by atoms with Crippen LogP contribution in [0.5, 0.6) is 0 Å². The summed E-state index contributed by atoms with van der Waals surface area (Å²) >= 11 is 0. The first-order chi connectivity index (χ1) is 15.9. The van der Waals surface area contributed by atoms with Crippen LogP contribution in [0.2, 0.25) is 0 Å². The maximum atomic E-state index is 14.2. The second-order valence-electron chi connectivity index (χ2n) is 9.80. The van der Waals surface area contributed by atoms with Crippen LogP contribution < -0.4 is 45.2 Å². The predicted octanol–water partition coefficient (Wildman–Crippen LogP) is 1.69. The third-order valence-corrected chi connectivity index (χ3v) is 11.2. The summed E-state index contributed by atoms with van der Waals surface area (Å²) in [7, 11) is -2.38. The van der Waals surface area contributed by atoms with Crippen LogP contribution in [-0.2, 0) is 9.53 Å². The zero-order chi connectivity index (χ0) is 23.3. The fourth-order valence-electron chi connectivity index (χ4n) is 5.11. The lowest BCUT2D eigenvalue weighted by Gasteiger charge is -2.39. The van der Waals surface area contributed by atoms with Gasteiger partial charge in [-0.1, -0.05) is 54.6 Å². The van der Waals surface area contributed by atoms with Crippen molar-refractivity contribution in [3.8, 4) is 0 Å². The lowest BCUT2D eigenvalue weighted by molar-refractivity contribution is -0.155. The van der Waals surface area contributed by atoms with Crippen LogP contribution in [0.15, 0.2) is 91.0 Å². The summed E-state index contributed by atoms with van der Waals surface area (Å²) in [5, 5.41) is 7.19. The minimum atomic E-state index is -2.38. The van der Waals surface area contributed by atoms with Crippen molar-refractivity contribution in [3.05, 3.63) is 91.0 Å². The maximum Gasteiger partial charge on any atom is 0.349 e. The van der Waals surface area contributed by atoms with E-state index in [1.54, 1.807) is 0 Å². The minimum Gasteiger partial charge on any atom is -1.00 e. The number of benzene rings is 3. The van der Waals surface area contributed by atoms with E-state index >= 15 is 0 Å². The summed E-state index contributed by atoms with van der Waals surface area (Å²) in [6.07, 6.45) is 1.94. The molecule has 1 aliphatic heterocycles. The van der Waals surface area contributed by atoms with Gasteiger partial charge in [0.1, 0.15) is 28.8 Å². The monoisotopic (exact) mass is 587 g/mol. The molecule has 1 N–H and O–H groups in total. The minimum absolute atomic E-state index is 0. The van der Waals surface area contributed by atoms with Gasteiger partial charge in [-0.3, -0.25) is 0 Å². The van der Waals surface area contributed by atoms with Gasteiger partial charge in [-0.05, 0) is 83.1 Å². The summed E-state index contributed by atoms with van der Waals surface area (Å²) in [5.74, 6) is 0.175. The molecule has 0 aromatic heterocycles. The first-order valence-electron chi connectivity index (χ1n) is 11.9. The third-order valence-electron chi connectivity index (χ3n) is 6.39. The van der Waals surface area contributed by atoms with Gasteiger partial charge < -0.3 is 34.0 Å². The smallest absolute Gasteiger partial charge is 0.349 e. The maximum absolute atomic E-state index is 14.2. The molecule has 1 aliphatic rings. The molecule has 1 unspecified atom stereocenters. The summed E-state index contributed by atoms with van der Waals surface area (Å²) in [4.78, 5) is 14.2. The Morgan fingerprint density at radius 1 is 0.794 bits per heavy atom. The molecule has 1 atom stereocenters. The average molecular weight is 587 g/mol. The highest BCUT2D eigenvalue weighted by Crippen LogP contribution is 2.63. The Labute approximate surface area is 222 Å². The van der Waals surface area contributed by atoms with Crippen molar-refractivity contribution in [2.45, 2.75) is 44.9 Å².